The molecule has 2 heterocycles. The quantitative estimate of drug-likeness (QED) is 0.582. The van der Waals surface area contributed by atoms with Gasteiger partial charge in [-0.3, -0.25) is 0 Å². The summed E-state index contributed by atoms with van der Waals surface area (Å²) in [4.78, 5) is 0. The maximum atomic E-state index is 6.11. The molecule has 172 valence electrons. The van der Waals surface area contributed by atoms with E-state index in [0.29, 0.717) is 18.5 Å². The van der Waals surface area contributed by atoms with Crippen molar-refractivity contribution in [2.45, 2.75) is 25.3 Å². The fourth-order valence-corrected chi connectivity index (χ4v) is 5.23. The highest BCUT2D eigenvalue weighted by molar-refractivity contribution is 5.65. The van der Waals surface area contributed by atoms with Crippen molar-refractivity contribution in [2.24, 2.45) is 11.7 Å². The van der Waals surface area contributed by atoms with Gasteiger partial charge in [0.05, 0.1) is 6.04 Å². The van der Waals surface area contributed by atoms with Gasteiger partial charge >= 0.3 is 0 Å². The van der Waals surface area contributed by atoms with Crippen LogP contribution >= 0.6 is 0 Å². The van der Waals surface area contributed by atoms with Crippen LogP contribution in [0.15, 0.2) is 120 Å². The minimum Gasteiger partial charge on any atom is -0.387 e. The van der Waals surface area contributed by atoms with Crippen LogP contribution in [-0.4, -0.2) is 19.1 Å². The van der Waals surface area contributed by atoms with Crippen molar-refractivity contribution in [1.82, 2.24) is 10.6 Å². The van der Waals surface area contributed by atoms with E-state index >= 15 is 0 Å². The Morgan fingerprint density at radius 2 is 1.85 bits per heavy atom. The van der Waals surface area contributed by atoms with Gasteiger partial charge in [-0.05, 0) is 76.5 Å². The Kier molecular flexibility index (Phi) is 6.92. The van der Waals surface area contributed by atoms with Crippen LogP contribution in [0.5, 0.6) is 0 Å². The van der Waals surface area contributed by atoms with Crippen molar-refractivity contribution in [2.75, 3.05) is 13.1 Å². The van der Waals surface area contributed by atoms with Gasteiger partial charge in [0.2, 0.25) is 0 Å². The number of dihydropyridines is 2. The number of nitrogens with one attached hydrogen (secondary N) is 2. The van der Waals surface area contributed by atoms with Gasteiger partial charge in [-0.2, -0.15) is 0 Å². The number of nitrogens with two attached hydrogens (primary N) is 1. The molecule has 0 fully saturated rings. The minimum atomic E-state index is 0.294. The fourth-order valence-electron chi connectivity index (χ4n) is 5.23. The molecule has 2 atom stereocenters. The largest absolute Gasteiger partial charge is 0.387 e. The standard InChI is InChI=1S/C31H33N3/c32-21-26(9-5-7-23-8-6-19-33-22-23)24-13-15-25(16-14-24)27-17-18-30(31-12-3-4-20-34-31)29-11-2-1-10-28(27)29/h1-15,19-20,25,31,33-34H,16-18,21-22,32H2/b7-5+,26-9+. The molecule has 2 aliphatic carbocycles. The maximum absolute atomic E-state index is 6.11. The molecule has 3 nitrogen and oxygen atoms in total. The summed E-state index contributed by atoms with van der Waals surface area (Å²) < 4.78 is 0. The molecule has 0 radical (unpaired) electrons. The highest BCUT2D eigenvalue weighted by atomic mass is 14.9. The van der Waals surface area contributed by atoms with Gasteiger partial charge in [0, 0.05) is 19.0 Å². The zero-order chi connectivity index (χ0) is 23.2. The van der Waals surface area contributed by atoms with E-state index in [1.54, 1.807) is 5.57 Å². The molecule has 0 spiro atoms. The lowest BCUT2D eigenvalue weighted by atomic mass is 9.80. The van der Waals surface area contributed by atoms with E-state index in [2.05, 4.69) is 95.7 Å². The first kappa shape index (κ1) is 22.2. The van der Waals surface area contributed by atoms with Gasteiger partial charge in [-0.15, -0.1) is 0 Å². The topological polar surface area (TPSA) is 50.1 Å². The molecular formula is C31H33N3. The zero-order valence-corrected chi connectivity index (χ0v) is 19.6. The molecule has 1 aromatic rings. The SMILES string of the molecule is NC/C(=C\C=C\C1=CC=CNC1)C1=CCC(C2=c3ccccc3=C(C3C=CC=CN3)CC2)C=C1. The number of allylic oxidation sites excluding steroid dienone is 9. The number of fused-ring (bicyclic) bond motifs is 1. The van der Waals surface area contributed by atoms with E-state index in [0.717, 1.165) is 25.8 Å². The number of hydrogen-bond acceptors (Lipinski definition) is 3. The van der Waals surface area contributed by atoms with E-state index in [4.69, 9.17) is 5.73 Å². The van der Waals surface area contributed by atoms with Gasteiger partial charge in [-0.1, -0.05) is 84.5 Å². The van der Waals surface area contributed by atoms with Gasteiger partial charge in [0.1, 0.15) is 0 Å². The Morgan fingerprint density at radius 3 is 2.56 bits per heavy atom. The zero-order valence-electron chi connectivity index (χ0n) is 19.6. The lowest BCUT2D eigenvalue weighted by Gasteiger charge is -2.27. The smallest absolute Gasteiger partial charge is 0.0664 e. The summed E-state index contributed by atoms with van der Waals surface area (Å²) in [5.41, 5.74) is 12.9. The van der Waals surface area contributed by atoms with Crippen molar-refractivity contribution in [3.05, 3.63) is 131 Å². The average Bonchev–Trinajstić information content (AvgIpc) is 2.92. The molecule has 0 saturated heterocycles. The second-order valence-corrected chi connectivity index (χ2v) is 9.08. The summed E-state index contributed by atoms with van der Waals surface area (Å²) in [5, 5.41) is 9.57. The second kappa shape index (κ2) is 10.6. The third kappa shape index (κ3) is 4.85. The molecule has 4 aliphatic rings. The molecule has 5 rings (SSSR count). The first-order chi connectivity index (χ1) is 16.8. The van der Waals surface area contributed by atoms with Crippen molar-refractivity contribution in [3.63, 3.8) is 0 Å². The van der Waals surface area contributed by atoms with E-state index in [9.17, 15) is 0 Å². The molecule has 0 bridgehead atoms. The van der Waals surface area contributed by atoms with Crippen LogP contribution in [0.3, 0.4) is 0 Å². The summed E-state index contributed by atoms with van der Waals surface area (Å²) in [6, 6.07) is 9.23. The van der Waals surface area contributed by atoms with Crippen LogP contribution in [0, 0.1) is 5.92 Å². The Bertz CT molecular complexity index is 1290. The predicted molar refractivity (Wildman–Crippen MR) is 144 cm³/mol. The molecule has 0 saturated carbocycles. The Morgan fingerprint density at radius 1 is 1.00 bits per heavy atom. The summed E-state index contributed by atoms with van der Waals surface area (Å²) in [5.74, 6) is 0.445. The minimum absolute atomic E-state index is 0.294. The van der Waals surface area contributed by atoms with Gasteiger partial charge in [0.15, 0.2) is 0 Å². The predicted octanol–water partition coefficient (Wildman–Crippen LogP) is 3.81. The normalized spacial score (nSPS) is 24.0. The van der Waals surface area contributed by atoms with Crippen LogP contribution in [0.1, 0.15) is 19.3 Å². The van der Waals surface area contributed by atoms with Gasteiger partial charge in [0.25, 0.3) is 0 Å². The summed E-state index contributed by atoms with van der Waals surface area (Å²) in [7, 11) is 0. The lowest BCUT2D eigenvalue weighted by Crippen LogP contribution is -2.39. The third-order valence-corrected chi connectivity index (χ3v) is 7.02. The van der Waals surface area contributed by atoms with E-state index in [-0.39, 0.29) is 0 Å². The first-order valence-corrected chi connectivity index (χ1v) is 12.3. The Labute approximate surface area is 202 Å². The number of rotatable bonds is 6. The monoisotopic (exact) mass is 447 g/mol. The molecule has 34 heavy (non-hydrogen) atoms. The molecule has 3 heteroatoms. The second-order valence-electron chi connectivity index (χ2n) is 9.08. The Balaban J connectivity index is 1.38. The van der Waals surface area contributed by atoms with E-state index < -0.39 is 0 Å². The van der Waals surface area contributed by atoms with Crippen molar-refractivity contribution < 1.29 is 0 Å². The van der Waals surface area contributed by atoms with Crippen LogP contribution in [0.25, 0.3) is 11.1 Å². The van der Waals surface area contributed by atoms with Crippen LogP contribution in [0.4, 0.5) is 0 Å². The maximum Gasteiger partial charge on any atom is 0.0664 e. The highest BCUT2D eigenvalue weighted by Gasteiger charge is 2.22. The summed E-state index contributed by atoms with van der Waals surface area (Å²) in [6.07, 6.45) is 31.3. The molecule has 2 aliphatic heterocycles. The van der Waals surface area contributed by atoms with Crippen LogP contribution in [0.2, 0.25) is 0 Å². The molecule has 0 amide bonds. The highest BCUT2D eigenvalue weighted by Crippen LogP contribution is 2.31. The third-order valence-electron chi connectivity index (χ3n) is 7.02. The average molecular weight is 448 g/mol. The summed E-state index contributed by atoms with van der Waals surface area (Å²) in [6.45, 7) is 1.41. The molecule has 1 aromatic carbocycles. The summed E-state index contributed by atoms with van der Waals surface area (Å²) >= 11 is 0. The molecule has 2 unspecified atom stereocenters. The number of hydrogen-bond donors (Lipinski definition) is 3. The Hall–Kier alpha value is -3.56. The molecule has 4 N–H and O–H groups in total. The van der Waals surface area contributed by atoms with E-state index in [1.165, 1.54) is 32.7 Å². The van der Waals surface area contributed by atoms with Crippen molar-refractivity contribution >= 4 is 11.1 Å². The van der Waals surface area contributed by atoms with Crippen LogP contribution in [-0.2, 0) is 0 Å². The van der Waals surface area contributed by atoms with Gasteiger partial charge < -0.3 is 16.4 Å². The van der Waals surface area contributed by atoms with E-state index in [1.807, 2.05) is 18.5 Å². The number of benzene rings is 1. The molecule has 0 aromatic heterocycles. The van der Waals surface area contributed by atoms with Crippen molar-refractivity contribution in [1.29, 1.82) is 0 Å². The molecular weight excluding hydrogens is 414 g/mol. The fraction of sp³-hybridized carbons (Fsp3) is 0.226. The lowest BCUT2D eigenvalue weighted by molar-refractivity contribution is 0.755. The van der Waals surface area contributed by atoms with Crippen molar-refractivity contribution in [3.8, 4) is 0 Å². The van der Waals surface area contributed by atoms with Crippen LogP contribution < -0.4 is 26.8 Å². The van der Waals surface area contributed by atoms with Gasteiger partial charge in [-0.25, -0.2) is 0 Å². The first-order valence-electron chi connectivity index (χ1n) is 12.3.